The van der Waals surface area contributed by atoms with E-state index < -0.39 is 67.3 Å². The molecule has 1 aliphatic heterocycles. The molecule has 1 aliphatic rings. The van der Waals surface area contributed by atoms with Gasteiger partial charge in [-0.2, -0.15) is 0 Å². The van der Waals surface area contributed by atoms with Crippen molar-refractivity contribution >= 4 is 23.9 Å². The SMILES string of the molecule is CCC/C=C\C/C=C\CCCCCCCC(=O)OC1C(OCC(COC(=O)CCCCCCCCCCCCCCCCCCCCC)OC(=O)CCCCCCCCCCCCCCCCCCC)OC(C(=O)O)C(O)C1O. The van der Waals surface area contributed by atoms with Crippen molar-refractivity contribution in [3.05, 3.63) is 24.3 Å². The Hall–Kier alpha value is -2.80. The standard InChI is InChI=1S/C67H122O12/c1-4-7-10-13-16-19-22-25-27-29-30-32-33-36-38-41-44-47-50-53-59(68)75-56-58(77-60(69)54-51-48-45-42-40-37-34-31-28-26-23-20-17-14-11-8-5-2)57-76-67-65(63(72)62(71)64(79-67)66(73)74)78-61(70)55-52-49-46-43-39-35-24-21-18-15-12-9-6-3/h12,15,21,24,58,62-65,67,71-72H,4-11,13-14,16-20,22-23,25-57H2,1-3H3,(H,73,74)/b15-12-,24-21-. The molecule has 0 aliphatic carbocycles. The number of allylic oxidation sites excluding steroid dienone is 4. The van der Waals surface area contributed by atoms with Gasteiger partial charge in [-0.15, -0.1) is 0 Å². The van der Waals surface area contributed by atoms with Gasteiger partial charge in [0.05, 0.1) is 6.61 Å². The van der Waals surface area contributed by atoms with Crippen LogP contribution in [0.2, 0.25) is 0 Å². The number of carboxylic acid groups (broad SMARTS) is 1. The Morgan fingerprint density at radius 2 is 0.785 bits per heavy atom. The molecule has 0 bridgehead atoms. The third-order valence-electron chi connectivity index (χ3n) is 15.5. The van der Waals surface area contributed by atoms with Crippen LogP contribution in [0.3, 0.4) is 0 Å². The second-order valence-corrected chi connectivity index (χ2v) is 23.1. The molecule has 0 spiro atoms. The van der Waals surface area contributed by atoms with Crippen LogP contribution in [0, 0.1) is 0 Å². The molecule has 0 amide bonds. The zero-order valence-corrected chi connectivity index (χ0v) is 51.1. The predicted octanol–water partition coefficient (Wildman–Crippen LogP) is 17.8. The molecule has 6 unspecified atom stereocenters. The van der Waals surface area contributed by atoms with Crippen LogP contribution in [0.1, 0.15) is 329 Å². The third kappa shape index (κ3) is 45.4. The summed E-state index contributed by atoms with van der Waals surface area (Å²) < 4.78 is 28.6. The zero-order valence-electron chi connectivity index (χ0n) is 51.1. The minimum Gasteiger partial charge on any atom is -0.479 e. The summed E-state index contributed by atoms with van der Waals surface area (Å²) in [5.74, 6) is -3.09. The average Bonchev–Trinajstić information content (AvgIpc) is 3.46. The molecule has 0 radical (unpaired) electrons. The lowest BCUT2D eigenvalue weighted by molar-refractivity contribution is -0.301. The van der Waals surface area contributed by atoms with E-state index in [0.717, 1.165) is 89.9 Å². The number of esters is 3. The second kappa shape index (κ2) is 55.7. The number of hydrogen-bond acceptors (Lipinski definition) is 11. The van der Waals surface area contributed by atoms with E-state index in [-0.39, 0.29) is 25.9 Å². The van der Waals surface area contributed by atoms with Crippen LogP contribution >= 0.6 is 0 Å². The summed E-state index contributed by atoms with van der Waals surface area (Å²) in [6.45, 7) is 5.99. The van der Waals surface area contributed by atoms with Crippen molar-refractivity contribution in [1.29, 1.82) is 0 Å². The van der Waals surface area contributed by atoms with E-state index in [4.69, 9.17) is 23.7 Å². The molecule has 3 N–H and O–H groups in total. The first-order chi connectivity index (χ1) is 38.6. The Morgan fingerprint density at radius 3 is 1.19 bits per heavy atom. The topological polar surface area (TPSA) is 175 Å². The van der Waals surface area contributed by atoms with Crippen LogP contribution < -0.4 is 0 Å². The molecule has 462 valence electrons. The average molecular weight is 1120 g/mol. The molecule has 0 aromatic carbocycles. The first-order valence-corrected chi connectivity index (χ1v) is 33.3. The number of carbonyl (C=O) groups is 4. The van der Waals surface area contributed by atoms with E-state index in [0.29, 0.717) is 19.3 Å². The van der Waals surface area contributed by atoms with E-state index >= 15 is 0 Å². The van der Waals surface area contributed by atoms with Gasteiger partial charge in [-0.3, -0.25) is 14.4 Å². The van der Waals surface area contributed by atoms with Gasteiger partial charge in [0, 0.05) is 19.3 Å². The summed E-state index contributed by atoms with van der Waals surface area (Å²) in [5.41, 5.74) is 0. The normalized spacial score (nSPS) is 17.9. The summed E-state index contributed by atoms with van der Waals surface area (Å²) in [6, 6.07) is 0. The highest BCUT2D eigenvalue weighted by atomic mass is 16.7. The fraction of sp³-hybridized carbons (Fsp3) is 0.881. The number of aliphatic hydroxyl groups is 2. The van der Waals surface area contributed by atoms with Crippen molar-refractivity contribution < 1.29 is 58.2 Å². The lowest BCUT2D eigenvalue weighted by Gasteiger charge is -2.40. The van der Waals surface area contributed by atoms with Gasteiger partial charge in [0.15, 0.2) is 24.6 Å². The third-order valence-corrected chi connectivity index (χ3v) is 15.5. The van der Waals surface area contributed by atoms with Gasteiger partial charge in [-0.05, 0) is 44.9 Å². The molecule has 0 saturated carbocycles. The highest BCUT2D eigenvalue weighted by Crippen LogP contribution is 2.27. The summed E-state index contributed by atoms with van der Waals surface area (Å²) in [7, 11) is 0. The second-order valence-electron chi connectivity index (χ2n) is 23.1. The highest BCUT2D eigenvalue weighted by molar-refractivity contribution is 5.74. The molecular weight excluding hydrogens is 997 g/mol. The molecule has 12 heteroatoms. The molecule has 1 heterocycles. The molecule has 1 fully saturated rings. The van der Waals surface area contributed by atoms with Gasteiger partial charge >= 0.3 is 23.9 Å². The van der Waals surface area contributed by atoms with Crippen LogP contribution in [-0.2, 0) is 42.9 Å². The van der Waals surface area contributed by atoms with Crippen LogP contribution in [0.4, 0.5) is 0 Å². The van der Waals surface area contributed by atoms with Gasteiger partial charge in [0.25, 0.3) is 0 Å². The molecule has 1 saturated heterocycles. The van der Waals surface area contributed by atoms with Crippen molar-refractivity contribution in [1.82, 2.24) is 0 Å². The minimum atomic E-state index is -1.90. The van der Waals surface area contributed by atoms with Crippen molar-refractivity contribution in [3.8, 4) is 0 Å². The maximum Gasteiger partial charge on any atom is 0.335 e. The number of rotatable bonds is 58. The van der Waals surface area contributed by atoms with Crippen molar-refractivity contribution in [3.63, 3.8) is 0 Å². The first-order valence-electron chi connectivity index (χ1n) is 33.3. The monoisotopic (exact) mass is 1120 g/mol. The molecule has 6 atom stereocenters. The quantitative estimate of drug-likeness (QED) is 0.0228. The predicted molar refractivity (Wildman–Crippen MR) is 322 cm³/mol. The summed E-state index contributed by atoms with van der Waals surface area (Å²) in [6.07, 6.45) is 52.9. The molecule has 12 nitrogen and oxygen atoms in total. The van der Waals surface area contributed by atoms with Gasteiger partial charge in [-0.1, -0.05) is 289 Å². The van der Waals surface area contributed by atoms with Crippen molar-refractivity contribution in [2.75, 3.05) is 13.2 Å². The van der Waals surface area contributed by atoms with Crippen molar-refractivity contribution in [2.24, 2.45) is 0 Å². The number of carboxylic acids is 1. The molecule has 79 heavy (non-hydrogen) atoms. The lowest BCUT2D eigenvalue weighted by atomic mass is 9.98. The van der Waals surface area contributed by atoms with Crippen LogP contribution in [0.5, 0.6) is 0 Å². The maximum absolute atomic E-state index is 13.2. The minimum absolute atomic E-state index is 0.0491. The van der Waals surface area contributed by atoms with E-state index in [9.17, 15) is 34.5 Å². The Bertz CT molecular complexity index is 1470. The Labute approximate surface area is 483 Å². The summed E-state index contributed by atoms with van der Waals surface area (Å²) in [4.78, 5) is 51.3. The number of ether oxygens (including phenoxy) is 5. The van der Waals surface area contributed by atoms with Crippen LogP contribution in [0.25, 0.3) is 0 Å². The maximum atomic E-state index is 13.2. The van der Waals surface area contributed by atoms with E-state index in [2.05, 4.69) is 45.1 Å². The number of aliphatic carboxylic acids is 1. The summed E-state index contributed by atoms with van der Waals surface area (Å²) >= 11 is 0. The van der Waals surface area contributed by atoms with E-state index in [1.54, 1.807) is 0 Å². The summed E-state index contributed by atoms with van der Waals surface area (Å²) in [5, 5.41) is 31.6. The lowest BCUT2D eigenvalue weighted by Crippen LogP contribution is -2.61. The van der Waals surface area contributed by atoms with Gasteiger partial charge < -0.3 is 39.0 Å². The molecular formula is C67H122O12. The number of hydrogen-bond donors (Lipinski definition) is 3. The fourth-order valence-corrected chi connectivity index (χ4v) is 10.4. The molecule has 0 aromatic heterocycles. The Balaban J connectivity index is 2.62. The number of aliphatic hydroxyl groups excluding tert-OH is 2. The van der Waals surface area contributed by atoms with Crippen LogP contribution in [0.15, 0.2) is 24.3 Å². The van der Waals surface area contributed by atoms with Crippen LogP contribution in [-0.4, -0.2) is 89.2 Å². The molecule has 1 rings (SSSR count). The highest BCUT2D eigenvalue weighted by Gasteiger charge is 2.50. The Kier molecular flexibility index (Phi) is 52.3. The fourth-order valence-electron chi connectivity index (χ4n) is 10.4. The Morgan fingerprint density at radius 1 is 0.418 bits per heavy atom. The van der Waals surface area contributed by atoms with E-state index in [1.807, 2.05) is 0 Å². The van der Waals surface area contributed by atoms with Gasteiger partial charge in [0.2, 0.25) is 0 Å². The van der Waals surface area contributed by atoms with Gasteiger partial charge in [-0.25, -0.2) is 4.79 Å². The zero-order chi connectivity index (χ0) is 57.5. The smallest absolute Gasteiger partial charge is 0.335 e. The first kappa shape index (κ1) is 74.2. The van der Waals surface area contributed by atoms with Gasteiger partial charge in [0.1, 0.15) is 18.8 Å². The molecule has 0 aromatic rings. The largest absolute Gasteiger partial charge is 0.479 e. The van der Waals surface area contributed by atoms with E-state index in [1.165, 1.54) is 180 Å². The van der Waals surface area contributed by atoms with Crippen molar-refractivity contribution in [2.45, 2.75) is 366 Å². The number of carbonyl (C=O) groups excluding carboxylic acids is 3. The number of unbranched alkanes of at least 4 members (excludes halogenated alkanes) is 40.